The number of likely N-dealkylation sites (tertiary alicyclic amines) is 1. The van der Waals surface area contributed by atoms with Gasteiger partial charge in [-0.05, 0) is 44.5 Å². The van der Waals surface area contributed by atoms with Crippen LogP contribution in [0.25, 0.3) is 0 Å². The van der Waals surface area contributed by atoms with Crippen LogP contribution in [0.5, 0.6) is 0 Å². The lowest BCUT2D eigenvalue weighted by atomic mass is 10.0. The highest BCUT2D eigenvalue weighted by atomic mass is 19.4. The molecule has 0 aromatic heterocycles. The van der Waals surface area contributed by atoms with Gasteiger partial charge < -0.3 is 10.2 Å². The topological polar surface area (TPSA) is 49.4 Å². The Labute approximate surface area is 157 Å². The number of halogens is 6. The van der Waals surface area contributed by atoms with E-state index in [1.165, 1.54) is 0 Å². The zero-order valence-electron chi connectivity index (χ0n) is 15.5. The van der Waals surface area contributed by atoms with Gasteiger partial charge in [0, 0.05) is 25.0 Å². The van der Waals surface area contributed by atoms with Crippen LogP contribution in [0.4, 0.5) is 26.3 Å². The monoisotopic (exact) mass is 410 g/mol. The van der Waals surface area contributed by atoms with Crippen LogP contribution in [-0.2, 0) is 28.5 Å². The van der Waals surface area contributed by atoms with Crippen LogP contribution in [0, 0.1) is 5.92 Å². The lowest BCUT2D eigenvalue weighted by Gasteiger charge is -2.23. The number of nitrogens with zero attached hydrogens (tertiary/aromatic N) is 1. The van der Waals surface area contributed by atoms with Gasteiger partial charge in [0.15, 0.2) is 0 Å². The molecule has 1 fully saturated rings. The van der Waals surface area contributed by atoms with Crippen molar-refractivity contribution in [3.8, 4) is 0 Å². The maximum atomic E-state index is 13.0. The zero-order valence-corrected chi connectivity index (χ0v) is 15.5. The van der Waals surface area contributed by atoms with Gasteiger partial charge in [0.05, 0.1) is 17.0 Å². The van der Waals surface area contributed by atoms with Gasteiger partial charge in [0.1, 0.15) is 0 Å². The predicted octanol–water partition coefficient (Wildman–Crippen LogP) is 3.99. The molecule has 2 rings (SSSR count). The van der Waals surface area contributed by atoms with Gasteiger partial charge >= 0.3 is 12.4 Å². The molecule has 1 heterocycles. The number of rotatable bonds is 3. The summed E-state index contributed by atoms with van der Waals surface area (Å²) < 4.78 is 77.7. The number of alkyl halides is 6. The highest BCUT2D eigenvalue weighted by Gasteiger charge is 2.39. The Morgan fingerprint density at radius 3 is 1.96 bits per heavy atom. The van der Waals surface area contributed by atoms with Crippen molar-refractivity contribution >= 4 is 11.8 Å². The van der Waals surface area contributed by atoms with Gasteiger partial charge in [0.25, 0.3) is 0 Å². The molecule has 0 saturated carbocycles. The minimum absolute atomic E-state index is 0.0366. The first-order valence-electron chi connectivity index (χ1n) is 8.44. The Morgan fingerprint density at radius 2 is 1.54 bits per heavy atom. The van der Waals surface area contributed by atoms with Gasteiger partial charge in [-0.25, -0.2) is 0 Å². The molecular formula is C18H20F6N2O2. The van der Waals surface area contributed by atoms with Gasteiger partial charge in [-0.2, -0.15) is 26.3 Å². The van der Waals surface area contributed by atoms with E-state index >= 15 is 0 Å². The van der Waals surface area contributed by atoms with Crippen molar-refractivity contribution in [1.29, 1.82) is 0 Å². The fourth-order valence-electron chi connectivity index (χ4n) is 2.90. The van der Waals surface area contributed by atoms with Crippen molar-refractivity contribution in [2.24, 2.45) is 5.92 Å². The third-order valence-electron chi connectivity index (χ3n) is 4.10. The normalized spacial score (nSPS) is 18.5. The lowest BCUT2D eigenvalue weighted by Crippen LogP contribution is -2.44. The first kappa shape index (κ1) is 22.0. The van der Waals surface area contributed by atoms with E-state index in [1.807, 2.05) is 0 Å². The summed E-state index contributed by atoms with van der Waals surface area (Å²) in [6.07, 6.45) is -10.1. The Hall–Kier alpha value is -2.26. The third kappa shape index (κ3) is 5.62. The number of amides is 2. The summed E-state index contributed by atoms with van der Waals surface area (Å²) in [6.45, 7) is 4.74. The van der Waals surface area contributed by atoms with Crippen LogP contribution in [0.15, 0.2) is 18.2 Å². The molecule has 1 aromatic rings. The highest BCUT2D eigenvalue weighted by Crippen LogP contribution is 2.36. The molecule has 1 unspecified atom stereocenters. The van der Waals surface area contributed by atoms with Crippen molar-refractivity contribution in [1.82, 2.24) is 10.2 Å². The molecule has 0 aliphatic carbocycles. The summed E-state index contributed by atoms with van der Waals surface area (Å²) in [5.41, 5.74) is -3.71. The SMILES string of the molecule is CC(C)(C)NC(=O)C1CC(=O)N(Cc2cc(C(F)(F)F)cc(C(F)(F)F)c2)C1. The molecule has 1 aliphatic heterocycles. The summed E-state index contributed by atoms with van der Waals surface area (Å²) in [5, 5.41) is 2.71. The van der Waals surface area contributed by atoms with E-state index in [4.69, 9.17) is 0 Å². The molecule has 0 bridgehead atoms. The lowest BCUT2D eigenvalue weighted by molar-refractivity contribution is -0.143. The molecule has 0 radical (unpaired) electrons. The molecule has 1 aromatic carbocycles. The Bertz CT molecular complexity index is 733. The molecule has 2 amide bonds. The van der Waals surface area contributed by atoms with Crippen LogP contribution in [0.1, 0.15) is 43.9 Å². The molecule has 1 aliphatic rings. The zero-order chi connectivity index (χ0) is 21.5. The van der Waals surface area contributed by atoms with E-state index in [-0.39, 0.29) is 30.5 Å². The van der Waals surface area contributed by atoms with E-state index < -0.39 is 47.4 Å². The van der Waals surface area contributed by atoms with E-state index in [0.717, 1.165) is 4.90 Å². The average Bonchev–Trinajstić information content (AvgIpc) is 2.85. The summed E-state index contributed by atoms with van der Waals surface area (Å²) >= 11 is 0. The molecule has 0 spiro atoms. The fourth-order valence-corrected chi connectivity index (χ4v) is 2.90. The third-order valence-corrected chi connectivity index (χ3v) is 4.10. The molecular weight excluding hydrogens is 390 g/mol. The van der Waals surface area contributed by atoms with Gasteiger partial charge in [0.2, 0.25) is 11.8 Å². The standard InChI is InChI=1S/C18H20F6N2O2/c1-16(2,3)25-15(28)11-6-14(27)26(9-11)8-10-4-12(17(19,20)21)7-13(5-10)18(22,23)24/h4-5,7,11H,6,8-9H2,1-3H3,(H,25,28). The second-order valence-electron chi connectivity index (χ2n) is 7.83. The summed E-state index contributed by atoms with van der Waals surface area (Å²) in [6, 6.07) is 1.21. The molecule has 1 N–H and O–H groups in total. The Kier molecular flexibility index (Phi) is 5.73. The second kappa shape index (κ2) is 7.29. The molecule has 1 atom stereocenters. The minimum atomic E-state index is -4.96. The molecule has 28 heavy (non-hydrogen) atoms. The number of hydrogen-bond acceptors (Lipinski definition) is 2. The number of carbonyl (C=O) groups is 2. The van der Waals surface area contributed by atoms with Crippen LogP contribution >= 0.6 is 0 Å². The number of nitrogens with one attached hydrogen (secondary N) is 1. The summed E-state index contributed by atoms with van der Waals surface area (Å²) in [5.74, 6) is -1.59. The highest BCUT2D eigenvalue weighted by molar-refractivity contribution is 5.89. The minimum Gasteiger partial charge on any atom is -0.351 e. The maximum Gasteiger partial charge on any atom is 0.416 e. The van der Waals surface area contributed by atoms with E-state index in [2.05, 4.69) is 5.32 Å². The summed E-state index contributed by atoms with van der Waals surface area (Å²) in [4.78, 5) is 25.4. The Balaban J connectivity index is 2.23. The van der Waals surface area contributed by atoms with E-state index in [1.54, 1.807) is 20.8 Å². The first-order chi connectivity index (χ1) is 12.6. The largest absolute Gasteiger partial charge is 0.416 e. The first-order valence-corrected chi connectivity index (χ1v) is 8.44. The van der Waals surface area contributed by atoms with Crippen LogP contribution in [0.2, 0.25) is 0 Å². The van der Waals surface area contributed by atoms with Gasteiger partial charge in [-0.1, -0.05) is 0 Å². The number of hydrogen-bond donors (Lipinski definition) is 1. The van der Waals surface area contributed by atoms with Gasteiger partial charge in [-0.15, -0.1) is 0 Å². The van der Waals surface area contributed by atoms with Crippen LogP contribution < -0.4 is 5.32 Å². The average molecular weight is 410 g/mol. The van der Waals surface area contributed by atoms with Gasteiger partial charge in [-0.3, -0.25) is 9.59 Å². The number of carbonyl (C=O) groups excluding carboxylic acids is 2. The quantitative estimate of drug-likeness (QED) is 0.767. The van der Waals surface area contributed by atoms with Crippen molar-refractivity contribution < 1.29 is 35.9 Å². The van der Waals surface area contributed by atoms with E-state index in [0.29, 0.717) is 12.1 Å². The molecule has 4 nitrogen and oxygen atoms in total. The Morgan fingerprint density at radius 1 is 1.04 bits per heavy atom. The predicted molar refractivity (Wildman–Crippen MR) is 87.9 cm³/mol. The molecule has 156 valence electrons. The van der Waals surface area contributed by atoms with Crippen molar-refractivity contribution in [2.45, 2.75) is 51.6 Å². The van der Waals surface area contributed by atoms with E-state index in [9.17, 15) is 35.9 Å². The van der Waals surface area contributed by atoms with Crippen LogP contribution in [-0.4, -0.2) is 28.8 Å². The smallest absolute Gasteiger partial charge is 0.351 e. The maximum absolute atomic E-state index is 13.0. The van der Waals surface area contributed by atoms with Crippen molar-refractivity contribution in [3.63, 3.8) is 0 Å². The van der Waals surface area contributed by atoms with Crippen LogP contribution in [0.3, 0.4) is 0 Å². The molecule has 1 saturated heterocycles. The van der Waals surface area contributed by atoms with Crippen molar-refractivity contribution in [2.75, 3.05) is 6.54 Å². The fraction of sp³-hybridized carbons (Fsp3) is 0.556. The summed E-state index contributed by atoms with van der Waals surface area (Å²) in [7, 11) is 0. The molecule has 10 heteroatoms. The number of benzene rings is 1. The van der Waals surface area contributed by atoms with Crippen molar-refractivity contribution in [3.05, 3.63) is 34.9 Å². The second-order valence-corrected chi connectivity index (χ2v) is 7.83.